The lowest BCUT2D eigenvalue weighted by molar-refractivity contribution is -0.140. The SMILES string of the molecule is CCN(c1cccc(C(C)(C)C)c1)c1ncc(C(F)(F)F)c(Sc2ccccc2)n1. The summed E-state index contributed by atoms with van der Waals surface area (Å²) in [5.41, 5.74) is 1.09. The van der Waals surface area contributed by atoms with Crippen LogP contribution in [0.1, 0.15) is 38.8 Å². The smallest absolute Gasteiger partial charge is 0.311 e. The first-order chi connectivity index (χ1) is 14.1. The van der Waals surface area contributed by atoms with Crippen molar-refractivity contribution >= 4 is 23.4 Å². The van der Waals surface area contributed by atoms with E-state index in [1.807, 2.05) is 42.2 Å². The minimum absolute atomic E-state index is 0.0509. The fourth-order valence-electron chi connectivity index (χ4n) is 2.94. The van der Waals surface area contributed by atoms with E-state index < -0.39 is 11.7 Å². The van der Waals surface area contributed by atoms with Crippen molar-refractivity contribution in [1.82, 2.24) is 9.97 Å². The molecule has 3 aromatic rings. The van der Waals surface area contributed by atoms with E-state index in [0.717, 1.165) is 29.2 Å². The highest BCUT2D eigenvalue weighted by atomic mass is 32.2. The van der Waals surface area contributed by atoms with Crippen LogP contribution in [0.5, 0.6) is 0 Å². The van der Waals surface area contributed by atoms with Crippen LogP contribution in [0.15, 0.2) is 70.7 Å². The number of nitrogens with zero attached hydrogens (tertiary/aromatic N) is 3. The topological polar surface area (TPSA) is 29.0 Å². The van der Waals surface area contributed by atoms with E-state index in [1.165, 1.54) is 0 Å². The summed E-state index contributed by atoms with van der Waals surface area (Å²) in [5, 5.41) is -0.107. The van der Waals surface area contributed by atoms with Gasteiger partial charge >= 0.3 is 6.18 Å². The van der Waals surface area contributed by atoms with Crippen molar-refractivity contribution in [3.05, 3.63) is 71.9 Å². The molecule has 0 saturated carbocycles. The van der Waals surface area contributed by atoms with Gasteiger partial charge in [0, 0.05) is 23.3 Å². The summed E-state index contributed by atoms with van der Waals surface area (Å²) in [7, 11) is 0. The van der Waals surface area contributed by atoms with Crippen molar-refractivity contribution in [1.29, 1.82) is 0 Å². The second-order valence-corrected chi connectivity index (χ2v) is 8.91. The maximum atomic E-state index is 13.6. The maximum absolute atomic E-state index is 13.6. The van der Waals surface area contributed by atoms with Crippen LogP contribution in [0, 0.1) is 0 Å². The first-order valence-corrected chi connectivity index (χ1v) is 10.5. The molecule has 30 heavy (non-hydrogen) atoms. The molecule has 1 heterocycles. The Morgan fingerprint density at radius 3 is 2.27 bits per heavy atom. The number of halogens is 3. The summed E-state index contributed by atoms with van der Waals surface area (Å²) in [5.74, 6) is 0.245. The summed E-state index contributed by atoms with van der Waals surface area (Å²) in [6.07, 6.45) is -3.65. The number of rotatable bonds is 5. The molecule has 0 aliphatic carbocycles. The molecule has 0 unspecified atom stereocenters. The Hall–Kier alpha value is -2.54. The average Bonchev–Trinajstić information content (AvgIpc) is 2.68. The van der Waals surface area contributed by atoms with Gasteiger partial charge in [-0.3, -0.25) is 0 Å². The lowest BCUT2D eigenvalue weighted by Crippen LogP contribution is -2.21. The van der Waals surface area contributed by atoms with Gasteiger partial charge in [0.2, 0.25) is 5.95 Å². The van der Waals surface area contributed by atoms with Crippen LogP contribution in [-0.4, -0.2) is 16.5 Å². The second kappa shape index (κ2) is 8.68. The third-order valence-electron chi connectivity index (χ3n) is 4.59. The highest BCUT2D eigenvalue weighted by Crippen LogP contribution is 2.39. The van der Waals surface area contributed by atoms with Gasteiger partial charge in [0.15, 0.2) is 0 Å². The van der Waals surface area contributed by atoms with E-state index in [4.69, 9.17) is 0 Å². The molecular weight excluding hydrogens is 407 g/mol. The van der Waals surface area contributed by atoms with Crippen molar-refractivity contribution in [3.63, 3.8) is 0 Å². The highest BCUT2D eigenvalue weighted by molar-refractivity contribution is 7.99. The summed E-state index contributed by atoms with van der Waals surface area (Å²) >= 11 is 0.988. The van der Waals surface area contributed by atoms with Crippen LogP contribution in [-0.2, 0) is 11.6 Å². The van der Waals surface area contributed by atoms with Gasteiger partial charge in [0.1, 0.15) is 10.6 Å². The van der Waals surface area contributed by atoms with Gasteiger partial charge < -0.3 is 4.90 Å². The van der Waals surface area contributed by atoms with Crippen LogP contribution in [0.2, 0.25) is 0 Å². The summed E-state index contributed by atoms with van der Waals surface area (Å²) in [6.45, 7) is 8.80. The van der Waals surface area contributed by atoms with Gasteiger partial charge in [-0.15, -0.1) is 0 Å². The molecular formula is C23H24F3N3S. The second-order valence-electron chi connectivity index (χ2n) is 7.85. The molecule has 0 N–H and O–H groups in total. The molecule has 0 fully saturated rings. The molecule has 2 aromatic carbocycles. The summed E-state index contributed by atoms with van der Waals surface area (Å²) < 4.78 is 40.7. The van der Waals surface area contributed by atoms with Gasteiger partial charge in [-0.05, 0) is 42.2 Å². The summed E-state index contributed by atoms with van der Waals surface area (Å²) in [6, 6.07) is 16.9. The van der Waals surface area contributed by atoms with E-state index >= 15 is 0 Å². The Kier molecular flexibility index (Phi) is 6.41. The molecule has 0 aliphatic rings. The molecule has 0 saturated heterocycles. The normalized spacial score (nSPS) is 12.1. The van der Waals surface area contributed by atoms with E-state index in [2.05, 4.69) is 30.7 Å². The minimum Gasteiger partial charge on any atom is -0.311 e. The molecule has 3 rings (SSSR count). The van der Waals surface area contributed by atoms with Crippen LogP contribution < -0.4 is 4.90 Å². The molecule has 0 aliphatic heterocycles. The first-order valence-electron chi connectivity index (χ1n) is 9.65. The van der Waals surface area contributed by atoms with Gasteiger partial charge in [-0.2, -0.15) is 13.2 Å². The summed E-state index contributed by atoms with van der Waals surface area (Å²) in [4.78, 5) is 10.9. The number of hydrogen-bond acceptors (Lipinski definition) is 4. The Bertz CT molecular complexity index is 999. The van der Waals surface area contributed by atoms with E-state index in [-0.39, 0.29) is 16.4 Å². The fourth-order valence-corrected chi connectivity index (χ4v) is 3.86. The zero-order valence-corrected chi connectivity index (χ0v) is 18.2. The molecule has 0 amide bonds. The van der Waals surface area contributed by atoms with Gasteiger partial charge in [0.05, 0.1) is 0 Å². The average molecular weight is 432 g/mol. The number of hydrogen-bond donors (Lipinski definition) is 0. The van der Waals surface area contributed by atoms with Gasteiger partial charge in [-0.1, -0.05) is 62.9 Å². The lowest BCUT2D eigenvalue weighted by Gasteiger charge is -2.25. The molecule has 1 aromatic heterocycles. The Morgan fingerprint density at radius 2 is 1.67 bits per heavy atom. The van der Waals surface area contributed by atoms with Crippen LogP contribution in [0.3, 0.4) is 0 Å². The molecule has 0 atom stereocenters. The molecule has 3 nitrogen and oxygen atoms in total. The van der Waals surface area contributed by atoms with E-state index in [0.29, 0.717) is 11.4 Å². The van der Waals surface area contributed by atoms with Crippen molar-refractivity contribution in [3.8, 4) is 0 Å². The number of aromatic nitrogens is 2. The monoisotopic (exact) mass is 431 g/mol. The minimum atomic E-state index is -4.53. The molecule has 0 radical (unpaired) electrons. The van der Waals surface area contributed by atoms with E-state index in [9.17, 15) is 13.2 Å². The predicted octanol–water partition coefficient (Wildman–Crippen LogP) is 7.10. The maximum Gasteiger partial charge on any atom is 0.420 e. The zero-order chi connectivity index (χ0) is 21.9. The zero-order valence-electron chi connectivity index (χ0n) is 17.4. The van der Waals surface area contributed by atoms with Gasteiger partial charge in [0.25, 0.3) is 0 Å². The van der Waals surface area contributed by atoms with Crippen molar-refractivity contribution in [2.24, 2.45) is 0 Å². The third kappa shape index (κ3) is 5.14. The van der Waals surface area contributed by atoms with Crippen LogP contribution in [0.25, 0.3) is 0 Å². The van der Waals surface area contributed by atoms with Crippen LogP contribution >= 0.6 is 11.8 Å². The van der Waals surface area contributed by atoms with Crippen molar-refractivity contribution in [2.45, 2.75) is 49.2 Å². The number of alkyl halides is 3. The largest absolute Gasteiger partial charge is 0.420 e. The highest BCUT2D eigenvalue weighted by Gasteiger charge is 2.36. The molecule has 0 spiro atoms. The number of benzene rings is 2. The lowest BCUT2D eigenvalue weighted by atomic mass is 9.87. The molecule has 158 valence electrons. The van der Waals surface area contributed by atoms with Crippen molar-refractivity contribution in [2.75, 3.05) is 11.4 Å². The van der Waals surface area contributed by atoms with Gasteiger partial charge in [-0.25, -0.2) is 9.97 Å². The quantitative estimate of drug-likeness (QED) is 0.403. The third-order valence-corrected chi connectivity index (χ3v) is 5.60. The van der Waals surface area contributed by atoms with Crippen LogP contribution in [0.4, 0.5) is 24.8 Å². The Balaban J connectivity index is 2.05. The first kappa shape index (κ1) is 22.2. The molecule has 7 heteroatoms. The van der Waals surface area contributed by atoms with E-state index in [1.54, 1.807) is 24.3 Å². The number of anilines is 2. The predicted molar refractivity (Wildman–Crippen MR) is 115 cm³/mol. The van der Waals surface area contributed by atoms with Crippen molar-refractivity contribution < 1.29 is 13.2 Å². The standard InChI is InChI=1S/C23H24F3N3S/c1-5-29(17-11-9-10-16(14-17)22(2,3)4)21-27-15-19(23(24,25)26)20(28-21)30-18-12-7-6-8-13-18/h6-15H,5H2,1-4H3. The Labute approximate surface area is 179 Å². The Morgan fingerprint density at radius 1 is 0.967 bits per heavy atom. The molecule has 0 bridgehead atoms. The fraction of sp³-hybridized carbons (Fsp3) is 0.304.